The van der Waals surface area contributed by atoms with E-state index in [0.717, 1.165) is 5.56 Å². The monoisotopic (exact) mass is 262 g/mol. The van der Waals surface area contributed by atoms with E-state index in [1.54, 1.807) is 18.3 Å². The lowest BCUT2D eigenvalue weighted by molar-refractivity contribution is 0.400. The standard InChI is InChI=1S/C13H14N2O2S/c1-10-8-12(13(17-2)14-9-10)15-18(16)11-6-4-3-5-7-11/h3-9,15H,1-2H3. The largest absolute Gasteiger partial charge is 0.480 e. The van der Waals surface area contributed by atoms with E-state index in [2.05, 4.69) is 9.71 Å². The molecule has 0 bridgehead atoms. The van der Waals surface area contributed by atoms with E-state index in [1.807, 2.05) is 31.2 Å². The van der Waals surface area contributed by atoms with Crippen molar-refractivity contribution in [1.82, 2.24) is 4.98 Å². The number of rotatable bonds is 4. The highest BCUT2D eigenvalue weighted by atomic mass is 32.2. The number of ether oxygens (including phenoxy) is 1. The van der Waals surface area contributed by atoms with Crippen molar-refractivity contribution >= 4 is 16.7 Å². The number of hydrogen-bond donors (Lipinski definition) is 1. The van der Waals surface area contributed by atoms with Crippen LogP contribution in [0.5, 0.6) is 5.88 Å². The van der Waals surface area contributed by atoms with Crippen LogP contribution in [0.15, 0.2) is 47.5 Å². The predicted molar refractivity (Wildman–Crippen MR) is 72.0 cm³/mol. The van der Waals surface area contributed by atoms with Crippen molar-refractivity contribution in [3.05, 3.63) is 48.2 Å². The summed E-state index contributed by atoms with van der Waals surface area (Å²) in [5.41, 5.74) is 1.60. The molecule has 0 saturated carbocycles. The SMILES string of the molecule is COc1ncc(C)cc1NS(=O)c1ccccc1. The number of benzene rings is 1. The summed E-state index contributed by atoms with van der Waals surface area (Å²) in [6.45, 7) is 1.92. The number of aromatic nitrogens is 1. The van der Waals surface area contributed by atoms with Gasteiger partial charge in [0.1, 0.15) is 16.7 Å². The fraction of sp³-hybridized carbons (Fsp3) is 0.154. The number of hydrogen-bond acceptors (Lipinski definition) is 3. The quantitative estimate of drug-likeness (QED) is 0.921. The molecule has 1 atom stereocenters. The van der Waals surface area contributed by atoms with Crippen LogP contribution in [-0.4, -0.2) is 16.3 Å². The molecule has 0 aliphatic heterocycles. The molecular weight excluding hydrogens is 248 g/mol. The van der Waals surface area contributed by atoms with Crippen LogP contribution in [0.2, 0.25) is 0 Å². The molecule has 1 aromatic carbocycles. The summed E-state index contributed by atoms with van der Waals surface area (Å²) in [5.74, 6) is 0.435. The fourth-order valence-corrected chi connectivity index (χ4v) is 2.36. The van der Waals surface area contributed by atoms with E-state index < -0.39 is 11.0 Å². The average molecular weight is 262 g/mol. The summed E-state index contributed by atoms with van der Waals surface area (Å²) < 4.78 is 20.1. The maximum absolute atomic E-state index is 12.1. The number of nitrogens with zero attached hydrogens (tertiary/aromatic N) is 1. The van der Waals surface area contributed by atoms with Crippen molar-refractivity contribution < 1.29 is 8.95 Å². The van der Waals surface area contributed by atoms with Crippen LogP contribution in [-0.2, 0) is 11.0 Å². The summed E-state index contributed by atoms with van der Waals surface area (Å²) in [5, 5.41) is 0. The van der Waals surface area contributed by atoms with Crippen molar-refractivity contribution in [2.45, 2.75) is 11.8 Å². The van der Waals surface area contributed by atoms with Crippen molar-refractivity contribution in [2.24, 2.45) is 0 Å². The molecule has 18 heavy (non-hydrogen) atoms. The van der Waals surface area contributed by atoms with Gasteiger partial charge in [0.2, 0.25) is 5.88 Å². The van der Waals surface area contributed by atoms with Gasteiger partial charge in [-0.1, -0.05) is 18.2 Å². The lowest BCUT2D eigenvalue weighted by Gasteiger charge is -2.10. The maximum atomic E-state index is 12.1. The fourth-order valence-electron chi connectivity index (χ4n) is 1.50. The van der Waals surface area contributed by atoms with E-state index in [4.69, 9.17) is 4.74 Å². The molecule has 2 aromatic rings. The van der Waals surface area contributed by atoms with Gasteiger partial charge in [0.25, 0.3) is 0 Å². The van der Waals surface area contributed by atoms with Gasteiger partial charge in [-0.15, -0.1) is 0 Å². The summed E-state index contributed by atoms with van der Waals surface area (Å²) in [7, 11) is 0.211. The smallest absolute Gasteiger partial charge is 0.238 e. The first-order valence-corrected chi connectivity index (χ1v) is 6.60. The van der Waals surface area contributed by atoms with Crippen molar-refractivity contribution in [1.29, 1.82) is 0 Å². The van der Waals surface area contributed by atoms with Crippen LogP contribution < -0.4 is 9.46 Å². The lowest BCUT2D eigenvalue weighted by atomic mass is 10.3. The van der Waals surface area contributed by atoms with Crippen LogP contribution >= 0.6 is 0 Å². The van der Waals surface area contributed by atoms with Gasteiger partial charge in [-0.05, 0) is 30.7 Å². The molecule has 0 amide bonds. The summed E-state index contributed by atoms with van der Waals surface area (Å²) in [4.78, 5) is 4.83. The second-order valence-electron chi connectivity index (χ2n) is 3.75. The molecule has 0 saturated heterocycles. The Hall–Kier alpha value is -1.88. The predicted octanol–water partition coefficient (Wildman–Crippen LogP) is 2.53. The molecule has 1 heterocycles. The Kier molecular flexibility index (Phi) is 3.94. The minimum Gasteiger partial charge on any atom is -0.480 e. The van der Waals surface area contributed by atoms with Crippen LogP contribution in [0, 0.1) is 6.92 Å². The number of methoxy groups -OCH3 is 1. The van der Waals surface area contributed by atoms with Gasteiger partial charge in [0.15, 0.2) is 0 Å². The molecule has 1 unspecified atom stereocenters. The van der Waals surface area contributed by atoms with Gasteiger partial charge in [-0.3, -0.25) is 4.72 Å². The van der Waals surface area contributed by atoms with Crippen LogP contribution in [0.1, 0.15) is 5.56 Å². The zero-order valence-corrected chi connectivity index (χ0v) is 11.0. The van der Waals surface area contributed by atoms with Crippen LogP contribution in [0.3, 0.4) is 0 Å². The topological polar surface area (TPSA) is 51.2 Å². The van der Waals surface area contributed by atoms with Crippen molar-refractivity contribution in [2.75, 3.05) is 11.8 Å². The third kappa shape index (κ3) is 2.87. The van der Waals surface area contributed by atoms with E-state index in [1.165, 1.54) is 7.11 Å². The molecule has 1 aromatic heterocycles. The minimum atomic E-state index is -1.32. The van der Waals surface area contributed by atoms with Crippen LogP contribution in [0.25, 0.3) is 0 Å². The summed E-state index contributed by atoms with van der Waals surface area (Å²) in [6.07, 6.45) is 1.70. The second kappa shape index (κ2) is 5.64. The third-order valence-corrected chi connectivity index (χ3v) is 3.45. The molecule has 94 valence electrons. The molecule has 0 radical (unpaired) electrons. The summed E-state index contributed by atoms with van der Waals surface area (Å²) in [6, 6.07) is 11.0. The number of pyridine rings is 1. The van der Waals surface area contributed by atoms with Crippen molar-refractivity contribution in [3.8, 4) is 5.88 Å². The minimum absolute atomic E-state index is 0.435. The normalized spacial score (nSPS) is 11.9. The van der Waals surface area contributed by atoms with Crippen LogP contribution in [0.4, 0.5) is 5.69 Å². The Balaban J connectivity index is 2.24. The molecule has 0 fully saturated rings. The van der Waals surface area contributed by atoms with Crippen molar-refractivity contribution in [3.63, 3.8) is 0 Å². The zero-order chi connectivity index (χ0) is 13.0. The average Bonchev–Trinajstić information content (AvgIpc) is 2.40. The highest BCUT2D eigenvalue weighted by Crippen LogP contribution is 2.23. The third-order valence-electron chi connectivity index (χ3n) is 2.34. The molecule has 4 nitrogen and oxygen atoms in total. The van der Waals surface area contributed by atoms with Gasteiger partial charge in [-0.25, -0.2) is 9.19 Å². The second-order valence-corrected chi connectivity index (χ2v) is 4.97. The first-order chi connectivity index (χ1) is 8.70. The highest BCUT2D eigenvalue weighted by molar-refractivity contribution is 7.86. The molecule has 0 spiro atoms. The van der Waals surface area contributed by atoms with Gasteiger partial charge in [-0.2, -0.15) is 0 Å². The molecule has 0 aliphatic rings. The van der Waals surface area contributed by atoms with Gasteiger partial charge in [0.05, 0.1) is 12.0 Å². The first-order valence-electron chi connectivity index (χ1n) is 5.45. The molecule has 1 N–H and O–H groups in total. The Morgan fingerprint density at radius 3 is 2.67 bits per heavy atom. The Labute approximate surface area is 109 Å². The van der Waals surface area contributed by atoms with E-state index in [0.29, 0.717) is 16.5 Å². The molecule has 2 rings (SSSR count). The number of nitrogens with one attached hydrogen (secondary N) is 1. The van der Waals surface area contributed by atoms with E-state index >= 15 is 0 Å². The zero-order valence-electron chi connectivity index (χ0n) is 10.2. The molecule has 5 heteroatoms. The first kappa shape index (κ1) is 12.6. The molecular formula is C13H14N2O2S. The summed E-state index contributed by atoms with van der Waals surface area (Å²) >= 11 is 0. The lowest BCUT2D eigenvalue weighted by Crippen LogP contribution is -2.06. The van der Waals surface area contributed by atoms with Gasteiger partial charge >= 0.3 is 0 Å². The molecule has 0 aliphatic carbocycles. The number of aryl methyl sites for hydroxylation is 1. The maximum Gasteiger partial charge on any atom is 0.238 e. The van der Waals surface area contributed by atoms with E-state index in [-0.39, 0.29) is 0 Å². The Morgan fingerprint density at radius 2 is 2.00 bits per heavy atom. The Bertz CT molecular complexity index is 558. The highest BCUT2D eigenvalue weighted by Gasteiger charge is 2.09. The van der Waals surface area contributed by atoms with Gasteiger partial charge < -0.3 is 4.74 Å². The van der Waals surface area contributed by atoms with Gasteiger partial charge in [0, 0.05) is 6.20 Å². The number of anilines is 1. The Morgan fingerprint density at radius 1 is 1.28 bits per heavy atom. The van der Waals surface area contributed by atoms with E-state index in [9.17, 15) is 4.21 Å².